The molecule has 3 N–H and O–H groups in total. The van der Waals surface area contributed by atoms with Gasteiger partial charge in [-0.25, -0.2) is 5.43 Å². The van der Waals surface area contributed by atoms with Crippen LogP contribution in [-0.4, -0.2) is 7.11 Å². The Balaban J connectivity index is 2.28. The Morgan fingerprint density at radius 3 is 2.45 bits per heavy atom. The molecule has 106 valence electrons. The molecule has 0 spiro atoms. The summed E-state index contributed by atoms with van der Waals surface area (Å²) in [5, 5.41) is 0. The molecule has 0 saturated carbocycles. The maximum Gasteiger partial charge on any atom is 0.118 e. The zero-order chi connectivity index (χ0) is 14.4. The van der Waals surface area contributed by atoms with Gasteiger partial charge in [-0.2, -0.15) is 0 Å². The molecule has 0 aliphatic rings. The van der Waals surface area contributed by atoms with E-state index in [0.717, 1.165) is 24.2 Å². The van der Waals surface area contributed by atoms with E-state index in [1.165, 1.54) is 11.1 Å². The first-order valence-corrected chi connectivity index (χ1v) is 6.97. The van der Waals surface area contributed by atoms with Gasteiger partial charge < -0.3 is 4.74 Å². The summed E-state index contributed by atoms with van der Waals surface area (Å²) in [4.78, 5) is 0. The minimum Gasteiger partial charge on any atom is -0.497 e. The van der Waals surface area contributed by atoms with Crippen LogP contribution in [0.5, 0.6) is 5.75 Å². The molecular formula is C17H22N2O. The van der Waals surface area contributed by atoms with Crippen molar-refractivity contribution < 1.29 is 4.74 Å². The van der Waals surface area contributed by atoms with E-state index >= 15 is 0 Å². The van der Waals surface area contributed by atoms with E-state index in [4.69, 9.17) is 10.6 Å². The Labute approximate surface area is 120 Å². The van der Waals surface area contributed by atoms with E-state index in [1.807, 2.05) is 24.3 Å². The van der Waals surface area contributed by atoms with Crippen LogP contribution in [0.2, 0.25) is 0 Å². The highest BCUT2D eigenvalue weighted by atomic mass is 16.5. The zero-order valence-corrected chi connectivity index (χ0v) is 12.1. The second-order valence-corrected chi connectivity index (χ2v) is 4.87. The average molecular weight is 270 g/mol. The molecular weight excluding hydrogens is 248 g/mol. The molecule has 2 rings (SSSR count). The highest BCUT2D eigenvalue weighted by molar-refractivity contribution is 5.37. The van der Waals surface area contributed by atoms with Crippen LogP contribution in [0, 0.1) is 0 Å². The van der Waals surface area contributed by atoms with Gasteiger partial charge >= 0.3 is 0 Å². The lowest BCUT2D eigenvalue weighted by atomic mass is 9.96. The average Bonchev–Trinajstić information content (AvgIpc) is 2.49. The van der Waals surface area contributed by atoms with Gasteiger partial charge in [0.05, 0.1) is 13.2 Å². The molecule has 0 saturated heterocycles. The SMILES string of the molecule is CCCc1cccc(C(NN)c2ccc(OC)cc2)c1. The van der Waals surface area contributed by atoms with Gasteiger partial charge in [-0.15, -0.1) is 0 Å². The van der Waals surface area contributed by atoms with Crippen LogP contribution in [0.25, 0.3) is 0 Å². The fraction of sp³-hybridized carbons (Fsp3) is 0.294. The first-order chi connectivity index (χ1) is 9.78. The number of methoxy groups -OCH3 is 1. The van der Waals surface area contributed by atoms with Crippen molar-refractivity contribution >= 4 is 0 Å². The fourth-order valence-electron chi connectivity index (χ4n) is 2.40. The van der Waals surface area contributed by atoms with Crippen LogP contribution in [0.15, 0.2) is 48.5 Å². The summed E-state index contributed by atoms with van der Waals surface area (Å²) in [6.45, 7) is 2.19. The van der Waals surface area contributed by atoms with Crippen molar-refractivity contribution in [1.82, 2.24) is 5.43 Å². The molecule has 20 heavy (non-hydrogen) atoms. The molecule has 0 aliphatic carbocycles. The molecule has 1 unspecified atom stereocenters. The van der Waals surface area contributed by atoms with Crippen molar-refractivity contribution in [2.24, 2.45) is 5.84 Å². The first-order valence-electron chi connectivity index (χ1n) is 6.97. The number of nitrogens with one attached hydrogen (secondary N) is 1. The fourth-order valence-corrected chi connectivity index (χ4v) is 2.40. The molecule has 2 aromatic carbocycles. The topological polar surface area (TPSA) is 47.3 Å². The van der Waals surface area contributed by atoms with Crippen molar-refractivity contribution in [3.8, 4) is 5.75 Å². The summed E-state index contributed by atoms with van der Waals surface area (Å²) in [5.41, 5.74) is 6.56. The van der Waals surface area contributed by atoms with Gasteiger partial charge in [0, 0.05) is 0 Å². The maximum absolute atomic E-state index is 5.75. The Morgan fingerprint density at radius 1 is 1.10 bits per heavy atom. The number of rotatable bonds is 6. The zero-order valence-electron chi connectivity index (χ0n) is 12.1. The number of benzene rings is 2. The second-order valence-electron chi connectivity index (χ2n) is 4.87. The van der Waals surface area contributed by atoms with Gasteiger partial charge in [0.15, 0.2) is 0 Å². The van der Waals surface area contributed by atoms with E-state index in [0.29, 0.717) is 0 Å². The standard InChI is InChI=1S/C17H22N2O/c1-3-5-13-6-4-7-15(12-13)17(19-18)14-8-10-16(20-2)11-9-14/h4,6-12,17,19H,3,5,18H2,1-2H3. The number of ether oxygens (including phenoxy) is 1. The van der Waals surface area contributed by atoms with Crippen LogP contribution in [0.3, 0.4) is 0 Å². The van der Waals surface area contributed by atoms with Gasteiger partial charge in [0.1, 0.15) is 5.75 Å². The van der Waals surface area contributed by atoms with Gasteiger partial charge in [0.2, 0.25) is 0 Å². The number of nitrogens with two attached hydrogens (primary N) is 1. The highest BCUT2D eigenvalue weighted by Gasteiger charge is 2.12. The number of hydrazine groups is 1. The second kappa shape index (κ2) is 7.08. The maximum atomic E-state index is 5.75. The highest BCUT2D eigenvalue weighted by Crippen LogP contribution is 2.24. The summed E-state index contributed by atoms with van der Waals surface area (Å²) in [6.07, 6.45) is 2.24. The van der Waals surface area contributed by atoms with Crippen LogP contribution >= 0.6 is 0 Å². The van der Waals surface area contributed by atoms with Gasteiger partial charge in [0.25, 0.3) is 0 Å². The third kappa shape index (κ3) is 3.38. The van der Waals surface area contributed by atoms with Gasteiger partial charge in [-0.05, 0) is 35.2 Å². The lowest BCUT2D eigenvalue weighted by Gasteiger charge is -2.18. The summed E-state index contributed by atoms with van der Waals surface area (Å²) in [6, 6.07) is 16.6. The van der Waals surface area contributed by atoms with Crippen LogP contribution in [0.4, 0.5) is 0 Å². The quantitative estimate of drug-likeness (QED) is 0.626. The van der Waals surface area contributed by atoms with Crippen molar-refractivity contribution in [3.63, 3.8) is 0 Å². The molecule has 2 aromatic rings. The molecule has 0 heterocycles. The van der Waals surface area contributed by atoms with Gasteiger partial charge in [-0.3, -0.25) is 5.84 Å². The van der Waals surface area contributed by atoms with Gasteiger partial charge in [-0.1, -0.05) is 49.7 Å². The normalized spacial score (nSPS) is 12.2. The molecule has 0 bridgehead atoms. The van der Waals surface area contributed by atoms with Crippen molar-refractivity contribution in [2.75, 3.05) is 7.11 Å². The molecule has 0 amide bonds. The third-order valence-electron chi connectivity index (χ3n) is 3.44. The molecule has 3 heteroatoms. The molecule has 0 aromatic heterocycles. The van der Waals surface area contributed by atoms with E-state index in [1.54, 1.807) is 7.11 Å². The Morgan fingerprint density at radius 2 is 1.85 bits per heavy atom. The number of aryl methyl sites for hydroxylation is 1. The minimum atomic E-state index is -0.00212. The van der Waals surface area contributed by atoms with E-state index in [9.17, 15) is 0 Å². The Hall–Kier alpha value is -1.84. The van der Waals surface area contributed by atoms with E-state index < -0.39 is 0 Å². The summed E-state index contributed by atoms with van der Waals surface area (Å²) >= 11 is 0. The molecule has 0 aliphatic heterocycles. The summed E-state index contributed by atoms with van der Waals surface area (Å²) < 4.78 is 5.19. The van der Waals surface area contributed by atoms with E-state index in [2.05, 4.69) is 36.6 Å². The smallest absolute Gasteiger partial charge is 0.118 e. The Kier molecular flexibility index (Phi) is 5.16. The van der Waals surface area contributed by atoms with Crippen LogP contribution in [-0.2, 0) is 6.42 Å². The summed E-state index contributed by atoms with van der Waals surface area (Å²) in [5.74, 6) is 6.60. The molecule has 0 fully saturated rings. The Bertz CT molecular complexity index is 537. The third-order valence-corrected chi connectivity index (χ3v) is 3.44. The minimum absolute atomic E-state index is 0.00212. The molecule has 0 radical (unpaired) electrons. The van der Waals surface area contributed by atoms with E-state index in [-0.39, 0.29) is 6.04 Å². The molecule has 3 nitrogen and oxygen atoms in total. The lowest BCUT2D eigenvalue weighted by Crippen LogP contribution is -2.28. The van der Waals surface area contributed by atoms with Crippen molar-refractivity contribution in [3.05, 3.63) is 65.2 Å². The van der Waals surface area contributed by atoms with Crippen LogP contribution < -0.4 is 16.0 Å². The predicted octanol–water partition coefficient (Wildman–Crippen LogP) is 3.20. The monoisotopic (exact) mass is 270 g/mol. The number of hydrogen-bond acceptors (Lipinski definition) is 3. The largest absolute Gasteiger partial charge is 0.497 e. The summed E-state index contributed by atoms with van der Waals surface area (Å²) in [7, 11) is 1.67. The lowest BCUT2D eigenvalue weighted by molar-refractivity contribution is 0.414. The predicted molar refractivity (Wildman–Crippen MR) is 82.6 cm³/mol. The molecule has 1 atom stereocenters. The number of hydrogen-bond donors (Lipinski definition) is 2. The first kappa shape index (κ1) is 14.6. The van der Waals surface area contributed by atoms with Crippen LogP contribution in [0.1, 0.15) is 36.1 Å². The van der Waals surface area contributed by atoms with Crippen molar-refractivity contribution in [2.45, 2.75) is 25.8 Å². The van der Waals surface area contributed by atoms with Crippen molar-refractivity contribution in [1.29, 1.82) is 0 Å².